The number of aromatic hydroxyl groups is 2. The molecule has 0 saturated heterocycles. The Morgan fingerprint density at radius 1 is 0.500 bits per heavy atom. The van der Waals surface area contributed by atoms with Crippen LogP contribution in [-0.4, -0.2) is 22.6 Å². The summed E-state index contributed by atoms with van der Waals surface area (Å²) in [6.07, 6.45) is 3.39. The summed E-state index contributed by atoms with van der Waals surface area (Å²) in [7, 11) is 0. The molecule has 0 aromatic heterocycles. The van der Waals surface area contributed by atoms with Crippen molar-refractivity contribution in [1.82, 2.24) is 0 Å². The predicted octanol–water partition coefficient (Wildman–Crippen LogP) is 3.12. The third kappa shape index (κ3) is 7.03. The number of phenolic OH excluding ortho intramolecular Hbond substituents is 2. The molecular formula is C28H24CoIN2O2+. The third-order valence-electron chi connectivity index (χ3n) is 5.20. The largest absolute Gasteiger partial charge is 2.00 e. The van der Waals surface area contributed by atoms with E-state index in [9.17, 15) is 10.2 Å². The molecule has 1 radical (unpaired) electrons. The quantitative estimate of drug-likeness (QED) is 0.251. The average Bonchev–Trinajstić information content (AvgIpc) is 2.84. The van der Waals surface area contributed by atoms with Crippen molar-refractivity contribution in [3.05, 3.63) is 131 Å². The molecule has 0 bridgehead atoms. The molecular weight excluding hydrogens is 582 g/mol. The second-order valence-corrected chi connectivity index (χ2v) is 7.39. The van der Waals surface area contributed by atoms with Gasteiger partial charge < -0.3 is 34.2 Å². The number of hydrogen-bond acceptors (Lipinski definition) is 4. The zero-order valence-electron chi connectivity index (χ0n) is 18.2. The fourth-order valence-corrected chi connectivity index (χ4v) is 3.51. The van der Waals surface area contributed by atoms with Crippen molar-refractivity contribution < 1.29 is 51.0 Å². The summed E-state index contributed by atoms with van der Waals surface area (Å²) in [5.41, 5.74) is 3.29. The van der Waals surface area contributed by atoms with Crippen molar-refractivity contribution in [2.24, 2.45) is 9.98 Å². The molecule has 0 saturated carbocycles. The molecule has 2 N–H and O–H groups in total. The molecule has 0 aliphatic rings. The number of halogens is 1. The molecule has 2 atom stereocenters. The van der Waals surface area contributed by atoms with Gasteiger partial charge in [0.25, 0.3) is 0 Å². The average molecular weight is 606 g/mol. The molecule has 173 valence electrons. The van der Waals surface area contributed by atoms with Crippen LogP contribution in [0.2, 0.25) is 0 Å². The van der Waals surface area contributed by atoms with E-state index in [1.807, 2.05) is 84.9 Å². The fourth-order valence-electron chi connectivity index (χ4n) is 3.51. The van der Waals surface area contributed by atoms with Crippen LogP contribution in [0.4, 0.5) is 0 Å². The van der Waals surface area contributed by atoms with E-state index in [2.05, 4.69) is 0 Å². The van der Waals surface area contributed by atoms with Gasteiger partial charge in [0.2, 0.25) is 0 Å². The van der Waals surface area contributed by atoms with Crippen molar-refractivity contribution >= 4 is 12.4 Å². The minimum Gasteiger partial charge on any atom is -1.00 e. The Morgan fingerprint density at radius 3 is 1.18 bits per heavy atom. The zero-order chi connectivity index (χ0) is 22.2. The van der Waals surface area contributed by atoms with E-state index in [4.69, 9.17) is 9.98 Å². The number of aliphatic imine (C=N–C) groups is 2. The van der Waals surface area contributed by atoms with Gasteiger partial charge in [-0.3, -0.25) is 9.98 Å². The Kier molecular flexibility index (Phi) is 11.0. The van der Waals surface area contributed by atoms with E-state index >= 15 is 0 Å². The molecule has 4 rings (SSSR count). The van der Waals surface area contributed by atoms with E-state index in [0.29, 0.717) is 11.1 Å². The number of nitrogens with zero attached hydrogens (tertiary/aromatic N) is 2. The van der Waals surface area contributed by atoms with E-state index in [1.165, 1.54) is 0 Å². The summed E-state index contributed by atoms with van der Waals surface area (Å²) < 4.78 is 0. The van der Waals surface area contributed by atoms with Gasteiger partial charge in [-0.1, -0.05) is 84.9 Å². The van der Waals surface area contributed by atoms with Crippen molar-refractivity contribution in [2.75, 3.05) is 0 Å². The molecule has 6 heteroatoms. The first kappa shape index (κ1) is 27.3. The summed E-state index contributed by atoms with van der Waals surface area (Å²) in [6.45, 7) is 0. The van der Waals surface area contributed by atoms with Crippen LogP contribution in [0.25, 0.3) is 0 Å². The minimum absolute atomic E-state index is 0. The maximum absolute atomic E-state index is 10.2. The van der Waals surface area contributed by atoms with Crippen LogP contribution >= 0.6 is 0 Å². The van der Waals surface area contributed by atoms with Crippen molar-refractivity contribution in [3.63, 3.8) is 0 Å². The van der Waals surface area contributed by atoms with Gasteiger partial charge in [0.15, 0.2) is 0 Å². The van der Waals surface area contributed by atoms with Crippen LogP contribution in [-0.2, 0) is 16.8 Å². The Labute approximate surface area is 227 Å². The van der Waals surface area contributed by atoms with Crippen molar-refractivity contribution in [2.45, 2.75) is 12.1 Å². The number of benzene rings is 4. The van der Waals surface area contributed by atoms with Crippen LogP contribution in [0.1, 0.15) is 34.3 Å². The van der Waals surface area contributed by atoms with Crippen LogP contribution in [0.3, 0.4) is 0 Å². The first-order valence-electron chi connectivity index (χ1n) is 10.4. The molecule has 4 nitrogen and oxygen atoms in total. The zero-order valence-corrected chi connectivity index (χ0v) is 21.4. The maximum Gasteiger partial charge on any atom is 2.00 e. The smallest absolute Gasteiger partial charge is 1.00 e. The van der Waals surface area contributed by atoms with Gasteiger partial charge in [0.05, 0.1) is 0 Å². The molecule has 0 aliphatic heterocycles. The van der Waals surface area contributed by atoms with Crippen LogP contribution in [0, 0.1) is 0 Å². The number of phenols is 2. The summed E-state index contributed by atoms with van der Waals surface area (Å²) in [4.78, 5) is 9.75. The monoisotopic (exact) mass is 606 g/mol. The van der Waals surface area contributed by atoms with Gasteiger partial charge in [-0.2, -0.15) is 0 Å². The molecule has 0 spiro atoms. The van der Waals surface area contributed by atoms with Gasteiger partial charge in [-0.15, -0.1) is 0 Å². The molecule has 34 heavy (non-hydrogen) atoms. The summed E-state index contributed by atoms with van der Waals surface area (Å²) in [5.74, 6) is 0.356. The first-order chi connectivity index (χ1) is 15.7. The van der Waals surface area contributed by atoms with Crippen molar-refractivity contribution in [1.29, 1.82) is 0 Å². The van der Waals surface area contributed by atoms with E-state index < -0.39 is 0 Å². The van der Waals surface area contributed by atoms with E-state index in [0.717, 1.165) is 11.1 Å². The topological polar surface area (TPSA) is 65.2 Å². The van der Waals surface area contributed by atoms with Gasteiger partial charge in [-0.25, -0.2) is 0 Å². The van der Waals surface area contributed by atoms with Gasteiger partial charge in [0.1, 0.15) is 23.6 Å². The summed E-state index contributed by atoms with van der Waals surface area (Å²) in [5, 5.41) is 20.4. The molecule has 0 heterocycles. The standard InChI is InChI=1S/C28H24N2O2.Co.HI/c31-25-17-9-7-15-23(25)19-29-27(21-11-3-1-4-12-21)28(22-13-5-2-6-14-22)30-20-24-16-8-10-18-26(24)32;;/h1-20,27-28,31-32H;;1H/q;+2;/p-1/t27-,28-;;/m0../s1. The van der Waals surface area contributed by atoms with Crippen LogP contribution < -0.4 is 24.0 Å². The van der Waals surface area contributed by atoms with E-state index in [-0.39, 0.29) is 64.3 Å². The van der Waals surface area contributed by atoms with Crippen LogP contribution in [0.5, 0.6) is 11.5 Å². The predicted molar refractivity (Wildman–Crippen MR) is 130 cm³/mol. The summed E-state index contributed by atoms with van der Waals surface area (Å²) >= 11 is 0. The van der Waals surface area contributed by atoms with Gasteiger partial charge >= 0.3 is 16.8 Å². The minimum atomic E-state index is -0.333. The molecule has 4 aromatic carbocycles. The van der Waals surface area contributed by atoms with Gasteiger partial charge in [0, 0.05) is 23.6 Å². The summed E-state index contributed by atoms with van der Waals surface area (Å²) in [6, 6.07) is 33.5. The SMILES string of the molecule is Oc1ccccc1C=N[C@@H](c1ccccc1)[C@@H](N=Cc1ccccc1O)c1ccccc1.[Co+2].[I-]. The van der Waals surface area contributed by atoms with Gasteiger partial charge in [-0.05, 0) is 35.4 Å². The van der Waals surface area contributed by atoms with E-state index in [1.54, 1.807) is 36.7 Å². The fraction of sp³-hybridized carbons (Fsp3) is 0.0714. The number of rotatable bonds is 7. The number of para-hydroxylation sites is 2. The maximum atomic E-state index is 10.2. The normalized spacial score (nSPS) is 12.6. The molecule has 0 fully saturated rings. The van der Waals surface area contributed by atoms with Crippen LogP contribution in [0.15, 0.2) is 119 Å². The Morgan fingerprint density at radius 2 is 0.824 bits per heavy atom. The molecule has 0 aliphatic carbocycles. The third-order valence-corrected chi connectivity index (χ3v) is 5.20. The molecule has 0 unspecified atom stereocenters. The Hall–Kier alpha value is -2.94. The Balaban J connectivity index is 0.00000204. The molecule has 4 aromatic rings. The second kappa shape index (κ2) is 13.7. The second-order valence-electron chi connectivity index (χ2n) is 7.39. The van der Waals surface area contributed by atoms with Crippen molar-refractivity contribution in [3.8, 4) is 11.5 Å². The Bertz CT molecular complexity index is 1120. The number of hydrogen-bond donors (Lipinski definition) is 2. The molecule has 0 amide bonds. The first-order valence-corrected chi connectivity index (χ1v) is 10.4.